The molecule has 0 aliphatic heterocycles. The van der Waals surface area contributed by atoms with E-state index in [1.165, 1.54) is 19.1 Å². The number of Topliss-reactive ketones (excluding diaryl/α,β-unsaturated/α-hetero) is 1. The van der Waals surface area contributed by atoms with Gasteiger partial charge in [0.15, 0.2) is 11.9 Å². The summed E-state index contributed by atoms with van der Waals surface area (Å²) in [5.41, 5.74) is 6.68. The predicted molar refractivity (Wildman–Crippen MR) is 90.1 cm³/mol. The van der Waals surface area contributed by atoms with Crippen LogP contribution in [0.3, 0.4) is 0 Å². The Labute approximate surface area is 139 Å². The molecule has 2 rings (SSSR count). The van der Waals surface area contributed by atoms with Gasteiger partial charge in [0, 0.05) is 16.8 Å². The van der Waals surface area contributed by atoms with E-state index in [9.17, 15) is 14.4 Å². The van der Waals surface area contributed by atoms with Crippen LogP contribution in [-0.2, 0) is 4.79 Å². The Morgan fingerprint density at radius 2 is 1.50 bits per heavy atom. The van der Waals surface area contributed by atoms with E-state index in [1.54, 1.807) is 43.3 Å². The Kier molecular flexibility index (Phi) is 5.31. The smallest absolute Gasteiger partial charge is 0.265 e. The van der Waals surface area contributed by atoms with Crippen LogP contribution in [0, 0.1) is 0 Å². The predicted octanol–water partition coefficient (Wildman–Crippen LogP) is 2.39. The van der Waals surface area contributed by atoms with Gasteiger partial charge in [-0.2, -0.15) is 0 Å². The fraction of sp³-hybridized carbons (Fsp3) is 0.167. The number of rotatable bonds is 6. The number of hydrogen-bond donors (Lipinski definition) is 2. The van der Waals surface area contributed by atoms with E-state index in [2.05, 4.69) is 5.32 Å². The molecule has 0 saturated carbocycles. The molecule has 2 amide bonds. The number of carbonyl (C=O) groups excluding carboxylic acids is 3. The summed E-state index contributed by atoms with van der Waals surface area (Å²) in [4.78, 5) is 34.4. The number of anilines is 1. The lowest BCUT2D eigenvalue weighted by Gasteiger charge is -2.15. The van der Waals surface area contributed by atoms with E-state index in [4.69, 9.17) is 10.5 Å². The second-order valence-electron chi connectivity index (χ2n) is 5.27. The molecule has 0 heterocycles. The van der Waals surface area contributed by atoms with Crippen LogP contribution >= 0.6 is 0 Å². The van der Waals surface area contributed by atoms with Crippen LogP contribution in [0.1, 0.15) is 34.6 Å². The van der Waals surface area contributed by atoms with Gasteiger partial charge in [-0.05, 0) is 62.4 Å². The quantitative estimate of drug-likeness (QED) is 0.796. The van der Waals surface area contributed by atoms with Gasteiger partial charge in [0.1, 0.15) is 5.75 Å². The van der Waals surface area contributed by atoms with Crippen molar-refractivity contribution in [3.05, 3.63) is 59.7 Å². The van der Waals surface area contributed by atoms with Gasteiger partial charge in [-0.1, -0.05) is 0 Å². The van der Waals surface area contributed by atoms with Gasteiger partial charge in [0.25, 0.3) is 5.91 Å². The van der Waals surface area contributed by atoms with E-state index in [0.29, 0.717) is 22.6 Å². The highest BCUT2D eigenvalue weighted by Gasteiger charge is 2.15. The average Bonchev–Trinajstić information content (AvgIpc) is 2.55. The number of carbonyl (C=O) groups is 3. The van der Waals surface area contributed by atoms with E-state index < -0.39 is 12.0 Å². The van der Waals surface area contributed by atoms with Crippen LogP contribution in [-0.4, -0.2) is 23.7 Å². The van der Waals surface area contributed by atoms with Crippen LogP contribution in [0.5, 0.6) is 5.75 Å². The first-order valence-corrected chi connectivity index (χ1v) is 7.35. The van der Waals surface area contributed by atoms with Crippen LogP contribution in [0.15, 0.2) is 48.5 Å². The van der Waals surface area contributed by atoms with Gasteiger partial charge in [-0.3, -0.25) is 14.4 Å². The summed E-state index contributed by atoms with van der Waals surface area (Å²) in [6.07, 6.45) is -0.739. The monoisotopic (exact) mass is 326 g/mol. The third-order valence-electron chi connectivity index (χ3n) is 3.38. The second kappa shape index (κ2) is 7.41. The highest BCUT2D eigenvalue weighted by Crippen LogP contribution is 2.15. The normalized spacial score (nSPS) is 11.4. The number of amides is 2. The summed E-state index contributed by atoms with van der Waals surface area (Å²) in [5.74, 6) is -0.440. The van der Waals surface area contributed by atoms with Crippen LogP contribution < -0.4 is 15.8 Å². The number of ketones is 1. The lowest BCUT2D eigenvalue weighted by molar-refractivity contribution is -0.122. The largest absolute Gasteiger partial charge is 0.481 e. The molecule has 0 radical (unpaired) electrons. The summed E-state index contributed by atoms with van der Waals surface area (Å²) in [7, 11) is 0. The molecular formula is C18H18N2O4. The average molecular weight is 326 g/mol. The fourth-order valence-electron chi connectivity index (χ4n) is 1.99. The minimum absolute atomic E-state index is 0.0380. The molecule has 124 valence electrons. The molecule has 24 heavy (non-hydrogen) atoms. The van der Waals surface area contributed by atoms with Crippen molar-refractivity contribution in [2.45, 2.75) is 20.0 Å². The van der Waals surface area contributed by atoms with Crippen molar-refractivity contribution in [3.8, 4) is 5.75 Å². The maximum absolute atomic E-state index is 12.1. The number of benzene rings is 2. The Balaban J connectivity index is 1.96. The molecule has 1 atom stereocenters. The molecule has 0 bridgehead atoms. The van der Waals surface area contributed by atoms with Crippen molar-refractivity contribution < 1.29 is 19.1 Å². The maximum atomic E-state index is 12.1. The first-order valence-electron chi connectivity index (χ1n) is 7.35. The molecule has 6 heteroatoms. The number of nitrogens with one attached hydrogen (secondary N) is 1. The third kappa shape index (κ3) is 4.42. The SMILES string of the molecule is CC(=O)c1ccc(NC(=O)[C@H](C)Oc2ccc(C(N)=O)cc2)cc1. The van der Waals surface area contributed by atoms with Gasteiger partial charge in [0.05, 0.1) is 0 Å². The highest BCUT2D eigenvalue weighted by atomic mass is 16.5. The van der Waals surface area contributed by atoms with Crippen molar-refractivity contribution in [1.29, 1.82) is 0 Å². The van der Waals surface area contributed by atoms with Crippen LogP contribution in [0.2, 0.25) is 0 Å². The molecule has 0 aliphatic carbocycles. The molecule has 0 spiro atoms. The molecule has 0 aromatic heterocycles. The minimum Gasteiger partial charge on any atom is -0.481 e. The van der Waals surface area contributed by atoms with E-state index in [-0.39, 0.29) is 11.7 Å². The lowest BCUT2D eigenvalue weighted by Crippen LogP contribution is -2.30. The zero-order valence-corrected chi connectivity index (χ0v) is 13.4. The van der Waals surface area contributed by atoms with Crippen molar-refractivity contribution >= 4 is 23.3 Å². The van der Waals surface area contributed by atoms with Crippen molar-refractivity contribution in [3.63, 3.8) is 0 Å². The molecule has 2 aromatic carbocycles. The number of ether oxygens (including phenoxy) is 1. The van der Waals surface area contributed by atoms with Gasteiger partial charge >= 0.3 is 0 Å². The van der Waals surface area contributed by atoms with Crippen molar-refractivity contribution in [2.24, 2.45) is 5.73 Å². The zero-order chi connectivity index (χ0) is 17.7. The summed E-state index contributed by atoms with van der Waals surface area (Å²) < 4.78 is 5.53. The molecule has 0 saturated heterocycles. The number of hydrogen-bond acceptors (Lipinski definition) is 4. The summed E-state index contributed by atoms with van der Waals surface area (Å²) in [6, 6.07) is 12.8. The fourth-order valence-corrected chi connectivity index (χ4v) is 1.99. The summed E-state index contributed by atoms with van der Waals surface area (Å²) >= 11 is 0. The molecule has 0 fully saturated rings. The van der Waals surface area contributed by atoms with Gasteiger partial charge in [0.2, 0.25) is 5.91 Å². The third-order valence-corrected chi connectivity index (χ3v) is 3.38. The van der Waals surface area contributed by atoms with Crippen molar-refractivity contribution in [2.75, 3.05) is 5.32 Å². The standard InChI is InChI=1S/C18H18N2O4/c1-11(21)13-3-7-15(8-4-13)20-18(23)12(2)24-16-9-5-14(6-10-16)17(19)22/h3-10,12H,1-2H3,(H2,19,22)(H,20,23)/t12-/m0/s1. The summed E-state index contributed by atoms with van der Waals surface area (Å²) in [6.45, 7) is 3.09. The Morgan fingerprint density at radius 1 is 0.958 bits per heavy atom. The minimum atomic E-state index is -0.739. The highest BCUT2D eigenvalue weighted by molar-refractivity contribution is 5.96. The zero-order valence-electron chi connectivity index (χ0n) is 13.4. The first-order chi connectivity index (χ1) is 11.4. The number of nitrogens with two attached hydrogens (primary N) is 1. The van der Waals surface area contributed by atoms with Crippen LogP contribution in [0.4, 0.5) is 5.69 Å². The van der Waals surface area contributed by atoms with E-state index in [0.717, 1.165) is 0 Å². The van der Waals surface area contributed by atoms with Gasteiger partial charge in [-0.15, -0.1) is 0 Å². The molecular weight excluding hydrogens is 308 g/mol. The Bertz CT molecular complexity index is 752. The molecule has 3 N–H and O–H groups in total. The van der Waals surface area contributed by atoms with Gasteiger partial charge in [-0.25, -0.2) is 0 Å². The lowest BCUT2D eigenvalue weighted by atomic mass is 10.1. The topological polar surface area (TPSA) is 98.5 Å². The first kappa shape index (κ1) is 17.2. The molecule has 2 aromatic rings. The molecule has 0 aliphatic rings. The molecule has 0 unspecified atom stereocenters. The van der Waals surface area contributed by atoms with E-state index >= 15 is 0 Å². The Hall–Kier alpha value is -3.15. The van der Waals surface area contributed by atoms with Crippen LogP contribution in [0.25, 0.3) is 0 Å². The Morgan fingerprint density at radius 3 is 2.00 bits per heavy atom. The second-order valence-corrected chi connectivity index (χ2v) is 5.27. The molecule has 6 nitrogen and oxygen atoms in total. The van der Waals surface area contributed by atoms with Crippen molar-refractivity contribution in [1.82, 2.24) is 0 Å². The number of primary amides is 1. The van der Waals surface area contributed by atoms with E-state index in [1.807, 2.05) is 0 Å². The maximum Gasteiger partial charge on any atom is 0.265 e. The summed E-state index contributed by atoms with van der Waals surface area (Å²) in [5, 5.41) is 2.71. The van der Waals surface area contributed by atoms with Gasteiger partial charge < -0.3 is 15.8 Å².